The summed E-state index contributed by atoms with van der Waals surface area (Å²) in [4.78, 5) is 2.23. The summed E-state index contributed by atoms with van der Waals surface area (Å²) >= 11 is 0. The van der Waals surface area contributed by atoms with Gasteiger partial charge in [-0.1, -0.05) is 13.8 Å². The fourth-order valence-electron chi connectivity index (χ4n) is 1.68. The third-order valence-electron chi connectivity index (χ3n) is 2.84. The summed E-state index contributed by atoms with van der Waals surface area (Å²) in [7, 11) is 4.08. The second kappa shape index (κ2) is 4.93. The van der Waals surface area contributed by atoms with E-state index >= 15 is 0 Å². The zero-order valence-corrected chi connectivity index (χ0v) is 11.0. The molecule has 0 unspecified atom stereocenters. The molecule has 5 heteroatoms. The molecule has 0 saturated heterocycles. The van der Waals surface area contributed by atoms with E-state index in [9.17, 15) is 0 Å². The Morgan fingerprint density at radius 2 is 2.00 bits per heavy atom. The zero-order valence-electron chi connectivity index (χ0n) is 11.0. The maximum absolute atomic E-state index is 5.72. The number of rotatable bonds is 5. The lowest BCUT2D eigenvalue weighted by atomic mass is 9.93. The van der Waals surface area contributed by atoms with Gasteiger partial charge in [-0.15, -0.1) is 10.2 Å². The van der Waals surface area contributed by atoms with Crippen LogP contribution in [0.5, 0.6) is 0 Å². The second-order valence-corrected chi connectivity index (χ2v) is 5.26. The molecule has 0 aliphatic rings. The van der Waals surface area contributed by atoms with Crippen molar-refractivity contribution in [2.75, 3.05) is 20.1 Å². The molecule has 5 nitrogen and oxygen atoms in total. The van der Waals surface area contributed by atoms with Crippen LogP contribution in [0.1, 0.15) is 25.5 Å². The normalized spacial score (nSPS) is 12.4. The van der Waals surface area contributed by atoms with Crippen molar-refractivity contribution in [2.24, 2.45) is 18.2 Å². The third-order valence-corrected chi connectivity index (χ3v) is 2.84. The molecule has 1 aromatic rings. The van der Waals surface area contributed by atoms with Crippen molar-refractivity contribution in [3.8, 4) is 0 Å². The molecule has 0 radical (unpaired) electrons. The topological polar surface area (TPSA) is 60.0 Å². The van der Waals surface area contributed by atoms with E-state index in [1.165, 1.54) is 0 Å². The molecule has 0 spiro atoms. The van der Waals surface area contributed by atoms with E-state index in [1.54, 1.807) is 0 Å². The number of nitrogens with two attached hydrogens (primary N) is 1. The average molecular weight is 225 g/mol. The maximum Gasteiger partial charge on any atom is 0.146 e. The summed E-state index contributed by atoms with van der Waals surface area (Å²) in [6.07, 6.45) is 0. The number of nitrogens with zero attached hydrogens (tertiary/aromatic N) is 4. The van der Waals surface area contributed by atoms with Crippen LogP contribution in [0.3, 0.4) is 0 Å². The highest BCUT2D eigenvalue weighted by Gasteiger charge is 2.19. The Labute approximate surface area is 97.6 Å². The highest BCUT2D eigenvalue weighted by Crippen LogP contribution is 2.15. The van der Waals surface area contributed by atoms with Crippen molar-refractivity contribution >= 4 is 0 Å². The first kappa shape index (κ1) is 13.1. The Bertz CT molecular complexity index is 342. The molecule has 0 amide bonds. The Balaban J connectivity index is 2.58. The van der Waals surface area contributed by atoms with E-state index in [2.05, 4.69) is 36.0 Å². The number of hydrogen-bond acceptors (Lipinski definition) is 4. The van der Waals surface area contributed by atoms with E-state index in [4.69, 9.17) is 5.73 Å². The molecule has 0 bridgehead atoms. The zero-order chi connectivity index (χ0) is 12.3. The van der Waals surface area contributed by atoms with Gasteiger partial charge in [0.25, 0.3) is 0 Å². The van der Waals surface area contributed by atoms with Crippen LogP contribution in [0.2, 0.25) is 0 Å². The Morgan fingerprint density at radius 3 is 2.44 bits per heavy atom. The molecule has 1 heterocycles. The van der Waals surface area contributed by atoms with Gasteiger partial charge in [0.2, 0.25) is 0 Å². The predicted molar refractivity (Wildman–Crippen MR) is 64.9 cm³/mol. The van der Waals surface area contributed by atoms with Gasteiger partial charge in [-0.05, 0) is 25.9 Å². The van der Waals surface area contributed by atoms with Crippen molar-refractivity contribution in [2.45, 2.75) is 27.3 Å². The van der Waals surface area contributed by atoms with Crippen LogP contribution >= 0.6 is 0 Å². The fourth-order valence-corrected chi connectivity index (χ4v) is 1.68. The largest absolute Gasteiger partial charge is 0.330 e. The van der Waals surface area contributed by atoms with Gasteiger partial charge >= 0.3 is 0 Å². The lowest BCUT2D eigenvalue weighted by Crippen LogP contribution is -2.36. The van der Waals surface area contributed by atoms with Gasteiger partial charge in [0, 0.05) is 13.6 Å². The highest BCUT2D eigenvalue weighted by molar-refractivity contribution is 4.92. The van der Waals surface area contributed by atoms with Crippen LogP contribution in [0.25, 0.3) is 0 Å². The minimum absolute atomic E-state index is 0.141. The summed E-state index contributed by atoms with van der Waals surface area (Å²) in [5.74, 6) is 1.94. The summed E-state index contributed by atoms with van der Waals surface area (Å²) in [5.41, 5.74) is 5.86. The molecule has 92 valence electrons. The van der Waals surface area contributed by atoms with Crippen molar-refractivity contribution in [1.29, 1.82) is 0 Å². The lowest BCUT2D eigenvalue weighted by Gasteiger charge is -2.28. The Hall–Kier alpha value is -0.940. The molecular formula is C11H23N5. The van der Waals surface area contributed by atoms with Crippen molar-refractivity contribution in [1.82, 2.24) is 19.7 Å². The van der Waals surface area contributed by atoms with Gasteiger partial charge < -0.3 is 10.3 Å². The summed E-state index contributed by atoms with van der Waals surface area (Å²) in [6, 6.07) is 0. The third kappa shape index (κ3) is 3.28. The average Bonchev–Trinajstić information content (AvgIpc) is 2.49. The highest BCUT2D eigenvalue weighted by atomic mass is 15.3. The fraction of sp³-hybridized carbons (Fsp3) is 0.818. The smallest absolute Gasteiger partial charge is 0.146 e. The first-order chi connectivity index (χ1) is 7.35. The molecule has 0 aliphatic carbocycles. The molecular weight excluding hydrogens is 202 g/mol. The van der Waals surface area contributed by atoms with E-state index in [0.717, 1.165) is 24.7 Å². The van der Waals surface area contributed by atoms with Gasteiger partial charge in [0.1, 0.15) is 11.6 Å². The summed E-state index contributed by atoms with van der Waals surface area (Å²) < 4.78 is 2.02. The summed E-state index contributed by atoms with van der Waals surface area (Å²) in [6.45, 7) is 8.75. The van der Waals surface area contributed by atoms with Crippen molar-refractivity contribution < 1.29 is 0 Å². The van der Waals surface area contributed by atoms with Gasteiger partial charge in [-0.25, -0.2) is 0 Å². The minimum Gasteiger partial charge on any atom is -0.330 e. The predicted octanol–water partition coefficient (Wildman–Crippen LogP) is 0.540. The van der Waals surface area contributed by atoms with Gasteiger partial charge in [0.05, 0.1) is 6.54 Å². The van der Waals surface area contributed by atoms with Gasteiger partial charge in [0.15, 0.2) is 0 Å². The summed E-state index contributed by atoms with van der Waals surface area (Å²) in [5, 5.41) is 8.20. The number of aryl methyl sites for hydroxylation is 1. The number of aromatic nitrogens is 3. The van der Waals surface area contributed by atoms with Crippen LogP contribution in [0, 0.1) is 12.3 Å². The Morgan fingerprint density at radius 1 is 1.38 bits per heavy atom. The maximum atomic E-state index is 5.72. The Kier molecular flexibility index (Phi) is 4.04. The molecule has 16 heavy (non-hydrogen) atoms. The van der Waals surface area contributed by atoms with Gasteiger partial charge in [-0.3, -0.25) is 4.90 Å². The molecule has 0 aliphatic heterocycles. The van der Waals surface area contributed by atoms with Crippen molar-refractivity contribution in [3.05, 3.63) is 11.6 Å². The molecule has 2 N–H and O–H groups in total. The molecule has 0 atom stereocenters. The lowest BCUT2D eigenvalue weighted by molar-refractivity contribution is 0.204. The standard InChI is InChI=1S/C11H23N5/c1-9-13-14-10(16(9)5)6-15(4)8-11(2,3)7-12/h6-8,12H2,1-5H3. The SMILES string of the molecule is Cc1nnc(CN(C)CC(C)(C)CN)n1C. The quantitative estimate of drug-likeness (QED) is 0.794. The van der Waals surface area contributed by atoms with Crippen LogP contribution in [0.15, 0.2) is 0 Å². The first-order valence-corrected chi connectivity index (χ1v) is 5.59. The van der Waals surface area contributed by atoms with E-state index in [-0.39, 0.29) is 5.41 Å². The second-order valence-electron chi connectivity index (χ2n) is 5.26. The van der Waals surface area contributed by atoms with Gasteiger partial charge in [-0.2, -0.15) is 0 Å². The van der Waals surface area contributed by atoms with Crippen LogP contribution < -0.4 is 5.73 Å². The van der Waals surface area contributed by atoms with Crippen molar-refractivity contribution in [3.63, 3.8) is 0 Å². The number of hydrogen-bond donors (Lipinski definition) is 1. The van der Waals surface area contributed by atoms with Crippen LogP contribution in [0.4, 0.5) is 0 Å². The molecule has 0 saturated carbocycles. The monoisotopic (exact) mass is 225 g/mol. The van der Waals surface area contributed by atoms with Crippen LogP contribution in [-0.2, 0) is 13.6 Å². The molecule has 1 aromatic heterocycles. The van der Waals surface area contributed by atoms with Crippen LogP contribution in [-0.4, -0.2) is 39.8 Å². The van der Waals surface area contributed by atoms with E-state index in [0.29, 0.717) is 6.54 Å². The molecule has 0 fully saturated rings. The molecule has 0 aromatic carbocycles. The first-order valence-electron chi connectivity index (χ1n) is 5.59. The van der Waals surface area contributed by atoms with E-state index < -0.39 is 0 Å². The van der Waals surface area contributed by atoms with E-state index in [1.807, 2.05) is 18.5 Å². The molecule has 1 rings (SSSR count). The minimum atomic E-state index is 0.141.